The number of aliphatic hydroxyl groups is 1. The first-order valence-corrected chi connectivity index (χ1v) is 9.94. The van der Waals surface area contributed by atoms with Gasteiger partial charge in [-0.05, 0) is 42.7 Å². The molecular weight excluding hydrogens is 392 g/mol. The number of ketones is 1. The average Bonchev–Trinajstić information content (AvgIpc) is 3.35. The summed E-state index contributed by atoms with van der Waals surface area (Å²) in [6.45, 7) is 0. The van der Waals surface area contributed by atoms with Crippen molar-refractivity contribution in [2.24, 2.45) is 0 Å². The molecule has 1 saturated carbocycles. The van der Waals surface area contributed by atoms with Gasteiger partial charge in [0, 0.05) is 24.0 Å². The number of rotatable bonds is 4. The third-order valence-electron chi connectivity index (χ3n) is 5.62. The number of amides is 1. The minimum atomic E-state index is -0.685. The molecule has 150 valence electrons. The summed E-state index contributed by atoms with van der Waals surface area (Å²) in [6.07, 6.45) is 6.99. The Kier molecular flexibility index (Phi) is 5.28. The highest BCUT2D eigenvalue weighted by atomic mass is 35.5. The Morgan fingerprint density at radius 1 is 1.24 bits per heavy atom. The van der Waals surface area contributed by atoms with E-state index in [9.17, 15) is 14.7 Å². The second-order valence-corrected chi connectivity index (χ2v) is 7.69. The predicted molar refractivity (Wildman–Crippen MR) is 109 cm³/mol. The number of nitrogens with zero attached hydrogens (tertiary/aromatic N) is 2. The van der Waals surface area contributed by atoms with Crippen LogP contribution in [0.2, 0.25) is 5.02 Å². The van der Waals surface area contributed by atoms with Gasteiger partial charge in [-0.1, -0.05) is 30.5 Å². The maximum absolute atomic E-state index is 13.0. The first-order valence-electron chi connectivity index (χ1n) is 9.57. The second kappa shape index (κ2) is 7.87. The number of carbonyl (C=O) groups excluding carboxylic acids is 2. The van der Waals surface area contributed by atoms with Crippen molar-refractivity contribution >= 4 is 29.1 Å². The van der Waals surface area contributed by atoms with Gasteiger partial charge < -0.3 is 14.7 Å². The normalized spacial score (nSPS) is 21.7. The summed E-state index contributed by atoms with van der Waals surface area (Å²) in [5.41, 5.74) is 1.12. The molecule has 2 heterocycles. The van der Waals surface area contributed by atoms with Crippen LogP contribution in [0, 0.1) is 0 Å². The van der Waals surface area contributed by atoms with E-state index in [-0.39, 0.29) is 17.4 Å². The number of likely N-dealkylation sites (tertiary alicyclic amines) is 1. The van der Waals surface area contributed by atoms with E-state index in [1.54, 1.807) is 35.5 Å². The van der Waals surface area contributed by atoms with Crippen LogP contribution in [0.3, 0.4) is 0 Å². The molecule has 0 bridgehead atoms. The summed E-state index contributed by atoms with van der Waals surface area (Å²) in [4.78, 5) is 31.7. The standard InChI is InChI=1S/C22H21ClN2O4/c1-29-17-9-8-13(11-16(17)23)20(26)18-19(14-5-4-10-24-12-14)25(22(28)21(18)27)15-6-2-3-7-15/h4-5,8-12,15,19,26H,2-3,6-7H2,1H3/b20-18-. The van der Waals surface area contributed by atoms with Crippen molar-refractivity contribution < 1.29 is 19.4 Å². The monoisotopic (exact) mass is 412 g/mol. The summed E-state index contributed by atoms with van der Waals surface area (Å²) in [5.74, 6) is -1.05. The number of Topliss-reactive ketones (excluding diaryl/α,β-unsaturated/α-hetero) is 1. The summed E-state index contributed by atoms with van der Waals surface area (Å²) < 4.78 is 5.15. The first-order chi connectivity index (χ1) is 14.0. The molecule has 2 aliphatic rings. The Bertz CT molecular complexity index is 984. The summed E-state index contributed by atoms with van der Waals surface area (Å²) >= 11 is 6.20. The van der Waals surface area contributed by atoms with Crippen LogP contribution in [0.5, 0.6) is 5.75 Å². The van der Waals surface area contributed by atoms with Crippen molar-refractivity contribution in [3.63, 3.8) is 0 Å². The zero-order valence-corrected chi connectivity index (χ0v) is 16.7. The molecule has 2 aromatic rings. The first kappa shape index (κ1) is 19.5. The van der Waals surface area contributed by atoms with Gasteiger partial charge in [0.25, 0.3) is 11.7 Å². The molecule has 1 unspecified atom stereocenters. The van der Waals surface area contributed by atoms with E-state index in [0.29, 0.717) is 21.9 Å². The minimum absolute atomic E-state index is 0.0265. The third-order valence-corrected chi connectivity index (χ3v) is 5.92. The smallest absolute Gasteiger partial charge is 0.295 e. The number of hydrogen-bond acceptors (Lipinski definition) is 5. The van der Waals surface area contributed by atoms with Crippen LogP contribution < -0.4 is 4.74 Å². The highest BCUT2D eigenvalue weighted by Crippen LogP contribution is 2.43. The minimum Gasteiger partial charge on any atom is -0.507 e. The molecule has 4 rings (SSSR count). The zero-order valence-electron chi connectivity index (χ0n) is 16.0. The number of benzene rings is 1. The number of methoxy groups -OCH3 is 1. The van der Waals surface area contributed by atoms with E-state index in [2.05, 4.69) is 4.98 Å². The van der Waals surface area contributed by atoms with E-state index < -0.39 is 17.7 Å². The van der Waals surface area contributed by atoms with E-state index in [1.807, 2.05) is 6.07 Å². The molecule has 1 atom stereocenters. The molecule has 1 aromatic heterocycles. The Hall–Kier alpha value is -2.86. The van der Waals surface area contributed by atoms with Gasteiger partial charge in [0.05, 0.1) is 23.7 Å². The van der Waals surface area contributed by atoms with Gasteiger partial charge in [-0.2, -0.15) is 0 Å². The molecule has 1 aromatic carbocycles. The number of aromatic nitrogens is 1. The quantitative estimate of drug-likeness (QED) is 0.464. The van der Waals surface area contributed by atoms with Gasteiger partial charge >= 0.3 is 0 Å². The lowest BCUT2D eigenvalue weighted by Crippen LogP contribution is -2.37. The number of aliphatic hydroxyl groups excluding tert-OH is 1. The maximum Gasteiger partial charge on any atom is 0.295 e. The van der Waals surface area contributed by atoms with Gasteiger partial charge in [0.2, 0.25) is 0 Å². The number of carbonyl (C=O) groups is 2. The van der Waals surface area contributed by atoms with Crippen LogP contribution in [0.25, 0.3) is 5.76 Å². The second-order valence-electron chi connectivity index (χ2n) is 7.28. The molecule has 29 heavy (non-hydrogen) atoms. The summed E-state index contributed by atoms with van der Waals surface area (Å²) in [6, 6.07) is 7.63. The van der Waals surface area contributed by atoms with Crippen LogP contribution in [0.4, 0.5) is 0 Å². The Labute approximate surface area is 173 Å². The lowest BCUT2D eigenvalue weighted by molar-refractivity contribution is -0.141. The average molecular weight is 413 g/mol. The van der Waals surface area contributed by atoms with Crippen molar-refractivity contribution in [3.05, 3.63) is 64.4 Å². The number of ether oxygens (including phenoxy) is 1. The van der Waals surface area contributed by atoms with Gasteiger partial charge in [-0.15, -0.1) is 0 Å². The molecule has 1 N–H and O–H groups in total. The number of hydrogen-bond donors (Lipinski definition) is 1. The molecular formula is C22H21ClN2O4. The molecule has 1 amide bonds. The van der Waals surface area contributed by atoms with Crippen molar-refractivity contribution in [2.75, 3.05) is 7.11 Å². The molecule has 1 aliphatic carbocycles. The van der Waals surface area contributed by atoms with Crippen molar-refractivity contribution in [1.29, 1.82) is 0 Å². The number of pyridine rings is 1. The molecule has 2 fully saturated rings. The van der Waals surface area contributed by atoms with Crippen LogP contribution in [-0.4, -0.2) is 39.8 Å². The third kappa shape index (κ3) is 3.38. The fourth-order valence-corrected chi connectivity index (χ4v) is 4.50. The SMILES string of the molecule is COc1ccc(/C(O)=C2/C(=O)C(=O)N(C3CCCC3)C2c2cccnc2)cc1Cl. The zero-order chi connectivity index (χ0) is 20.5. The van der Waals surface area contributed by atoms with Crippen LogP contribution in [-0.2, 0) is 9.59 Å². The van der Waals surface area contributed by atoms with Crippen LogP contribution in [0.15, 0.2) is 48.3 Å². The predicted octanol–water partition coefficient (Wildman–Crippen LogP) is 4.11. The topological polar surface area (TPSA) is 79.7 Å². The fraction of sp³-hybridized carbons (Fsp3) is 0.318. The lowest BCUT2D eigenvalue weighted by atomic mass is 9.95. The molecule has 1 saturated heterocycles. The Balaban J connectivity index is 1.87. The molecule has 7 heteroatoms. The van der Waals surface area contributed by atoms with E-state index in [1.165, 1.54) is 13.2 Å². The fourth-order valence-electron chi connectivity index (χ4n) is 4.24. The Morgan fingerprint density at radius 2 is 2.00 bits per heavy atom. The lowest BCUT2D eigenvalue weighted by Gasteiger charge is -2.30. The van der Waals surface area contributed by atoms with Crippen molar-refractivity contribution in [3.8, 4) is 5.75 Å². The van der Waals surface area contributed by atoms with Gasteiger partial charge in [-0.25, -0.2) is 0 Å². The summed E-state index contributed by atoms with van der Waals surface area (Å²) in [5, 5.41) is 11.4. The van der Waals surface area contributed by atoms with Crippen LogP contribution >= 0.6 is 11.6 Å². The van der Waals surface area contributed by atoms with Crippen molar-refractivity contribution in [2.45, 2.75) is 37.8 Å². The highest BCUT2D eigenvalue weighted by molar-refractivity contribution is 6.46. The number of halogens is 1. The van der Waals surface area contributed by atoms with Gasteiger partial charge in [0.15, 0.2) is 0 Å². The maximum atomic E-state index is 13.0. The van der Waals surface area contributed by atoms with Gasteiger partial charge in [0.1, 0.15) is 11.5 Å². The van der Waals surface area contributed by atoms with E-state index in [4.69, 9.17) is 16.3 Å². The van der Waals surface area contributed by atoms with Gasteiger partial charge in [-0.3, -0.25) is 14.6 Å². The molecule has 6 nitrogen and oxygen atoms in total. The molecule has 0 spiro atoms. The largest absolute Gasteiger partial charge is 0.507 e. The van der Waals surface area contributed by atoms with E-state index in [0.717, 1.165) is 25.7 Å². The Morgan fingerprint density at radius 3 is 2.62 bits per heavy atom. The molecule has 1 aliphatic heterocycles. The van der Waals surface area contributed by atoms with Crippen LogP contribution in [0.1, 0.15) is 42.9 Å². The highest BCUT2D eigenvalue weighted by Gasteiger charge is 2.49. The van der Waals surface area contributed by atoms with E-state index >= 15 is 0 Å². The van der Waals surface area contributed by atoms with Crippen molar-refractivity contribution in [1.82, 2.24) is 9.88 Å². The summed E-state index contributed by atoms with van der Waals surface area (Å²) in [7, 11) is 1.50. The molecule has 0 radical (unpaired) electrons.